The van der Waals surface area contributed by atoms with Crippen LogP contribution in [0.5, 0.6) is 0 Å². The zero-order valence-electron chi connectivity index (χ0n) is 9.29. The van der Waals surface area contributed by atoms with Gasteiger partial charge in [-0.15, -0.1) is 0 Å². The van der Waals surface area contributed by atoms with Crippen molar-refractivity contribution in [2.45, 2.75) is 26.8 Å². The van der Waals surface area contributed by atoms with Gasteiger partial charge in [-0.05, 0) is 13.5 Å². The van der Waals surface area contributed by atoms with Crippen LogP contribution in [0.2, 0.25) is 0 Å². The van der Waals surface area contributed by atoms with Gasteiger partial charge in [0.2, 0.25) is 5.91 Å². The summed E-state index contributed by atoms with van der Waals surface area (Å²) in [6.45, 7) is 6.44. The molecule has 0 radical (unpaired) electrons. The summed E-state index contributed by atoms with van der Waals surface area (Å²) in [6.07, 6.45) is 3.98. The van der Waals surface area contributed by atoms with Gasteiger partial charge in [0.15, 0.2) is 0 Å². The topological polar surface area (TPSA) is 59.0 Å². The monoisotopic (exact) mass is 210 g/mol. The minimum Gasteiger partial charge on any atom is -0.323 e. The van der Waals surface area contributed by atoms with Crippen molar-refractivity contribution < 1.29 is 4.79 Å². The van der Waals surface area contributed by atoms with Crippen molar-refractivity contribution in [3.63, 3.8) is 0 Å². The highest BCUT2D eigenvalue weighted by Crippen LogP contribution is 2.04. The molecule has 1 amide bonds. The molecule has 0 aliphatic rings. The Hall–Kier alpha value is -1.36. The third-order valence-electron chi connectivity index (χ3n) is 2.02. The maximum atomic E-state index is 11.4. The van der Waals surface area contributed by atoms with Crippen LogP contribution in [0.1, 0.15) is 20.3 Å². The molecule has 0 atom stereocenters. The first-order valence-corrected chi connectivity index (χ1v) is 5.29. The smallest absolute Gasteiger partial charge is 0.225 e. The lowest BCUT2D eigenvalue weighted by atomic mass is 10.4. The molecule has 5 nitrogen and oxygen atoms in total. The lowest BCUT2D eigenvalue weighted by Gasteiger charge is -2.02. The fourth-order valence-electron chi connectivity index (χ4n) is 1.20. The van der Waals surface area contributed by atoms with E-state index < -0.39 is 0 Å². The number of anilines is 1. The summed E-state index contributed by atoms with van der Waals surface area (Å²) in [5, 5.41) is 9.96. The number of aryl methyl sites for hydroxylation is 1. The van der Waals surface area contributed by atoms with E-state index in [9.17, 15) is 4.79 Å². The van der Waals surface area contributed by atoms with Crippen LogP contribution in [-0.2, 0) is 11.3 Å². The second-order valence-electron chi connectivity index (χ2n) is 3.24. The molecule has 0 aliphatic heterocycles. The van der Waals surface area contributed by atoms with Crippen LogP contribution >= 0.6 is 0 Å². The number of nitrogens with one attached hydrogen (secondary N) is 2. The Bertz CT molecular complexity index is 308. The number of carbonyl (C=O) groups excluding carboxylic acids is 1. The summed E-state index contributed by atoms with van der Waals surface area (Å²) in [4.78, 5) is 11.4. The Labute approximate surface area is 89.9 Å². The molecule has 0 aromatic carbocycles. The molecule has 0 unspecified atom stereocenters. The van der Waals surface area contributed by atoms with Gasteiger partial charge in [0, 0.05) is 25.7 Å². The Balaban J connectivity index is 2.31. The van der Waals surface area contributed by atoms with E-state index in [0.29, 0.717) is 13.0 Å². The first-order valence-electron chi connectivity index (χ1n) is 5.29. The third-order valence-corrected chi connectivity index (χ3v) is 2.02. The van der Waals surface area contributed by atoms with E-state index in [1.807, 2.05) is 20.0 Å². The van der Waals surface area contributed by atoms with Crippen molar-refractivity contribution in [3.05, 3.63) is 12.4 Å². The van der Waals surface area contributed by atoms with Crippen molar-refractivity contribution in [3.8, 4) is 0 Å². The molecule has 0 saturated carbocycles. The third kappa shape index (κ3) is 4.12. The van der Waals surface area contributed by atoms with Crippen LogP contribution in [-0.4, -0.2) is 28.8 Å². The van der Waals surface area contributed by atoms with Gasteiger partial charge in [0.05, 0.1) is 11.9 Å². The molecule has 0 fully saturated rings. The number of nitrogens with zero attached hydrogens (tertiary/aromatic N) is 2. The molecular weight excluding hydrogens is 192 g/mol. The first kappa shape index (κ1) is 11.7. The van der Waals surface area contributed by atoms with Crippen molar-refractivity contribution >= 4 is 11.6 Å². The minimum absolute atomic E-state index is 0.0200. The Morgan fingerprint density at radius 3 is 2.93 bits per heavy atom. The number of carbonyl (C=O) groups is 1. The van der Waals surface area contributed by atoms with E-state index in [0.717, 1.165) is 18.8 Å². The zero-order chi connectivity index (χ0) is 11.1. The highest BCUT2D eigenvalue weighted by atomic mass is 16.1. The SMILES string of the molecule is CCNCCC(=O)Nc1cnn(CC)c1. The molecule has 1 heterocycles. The number of aromatic nitrogens is 2. The van der Waals surface area contributed by atoms with E-state index in [4.69, 9.17) is 0 Å². The Kier molecular flexibility index (Phi) is 4.83. The maximum Gasteiger partial charge on any atom is 0.225 e. The summed E-state index contributed by atoms with van der Waals surface area (Å²) in [5.74, 6) is 0.0200. The van der Waals surface area contributed by atoms with Crippen LogP contribution in [0.15, 0.2) is 12.4 Å². The molecule has 2 N–H and O–H groups in total. The minimum atomic E-state index is 0.0200. The normalized spacial score (nSPS) is 10.3. The van der Waals surface area contributed by atoms with E-state index in [2.05, 4.69) is 15.7 Å². The van der Waals surface area contributed by atoms with Crippen LogP contribution in [0.4, 0.5) is 5.69 Å². The van der Waals surface area contributed by atoms with Gasteiger partial charge in [0.25, 0.3) is 0 Å². The first-order chi connectivity index (χ1) is 7.26. The van der Waals surface area contributed by atoms with Gasteiger partial charge in [0.1, 0.15) is 0 Å². The largest absolute Gasteiger partial charge is 0.323 e. The van der Waals surface area contributed by atoms with Gasteiger partial charge in [-0.25, -0.2) is 0 Å². The lowest BCUT2D eigenvalue weighted by molar-refractivity contribution is -0.116. The van der Waals surface area contributed by atoms with Crippen LogP contribution < -0.4 is 10.6 Å². The average molecular weight is 210 g/mol. The average Bonchev–Trinajstić information content (AvgIpc) is 2.66. The summed E-state index contributed by atoms with van der Waals surface area (Å²) in [6, 6.07) is 0. The Morgan fingerprint density at radius 1 is 1.53 bits per heavy atom. The molecule has 5 heteroatoms. The van der Waals surface area contributed by atoms with E-state index >= 15 is 0 Å². The van der Waals surface area contributed by atoms with Crippen molar-refractivity contribution in [1.29, 1.82) is 0 Å². The second-order valence-corrected chi connectivity index (χ2v) is 3.24. The summed E-state index contributed by atoms with van der Waals surface area (Å²) >= 11 is 0. The van der Waals surface area contributed by atoms with Crippen molar-refractivity contribution in [2.24, 2.45) is 0 Å². The van der Waals surface area contributed by atoms with Gasteiger partial charge in [-0.1, -0.05) is 6.92 Å². The molecule has 0 bridgehead atoms. The van der Waals surface area contributed by atoms with Crippen LogP contribution in [0, 0.1) is 0 Å². The van der Waals surface area contributed by atoms with Gasteiger partial charge in [-0.2, -0.15) is 5.10 Å². The van der Waals surface area contributed by atoms with E-state index in [1.165, 1.54) is 0 Å². The van der Waals surface area contributed by atoms with Crippen molar-refractivity contribution in [2.75, 3.05) is 18.4 Å². The highest BCUT2D eigenvalue weighted by molar-refractivity contribution is 5.90. The zero-order valence-corrected chi connectivity index (χ0v) is 9.29. The number of hydrogen-bond acceptors (Lipinski definition) is 3. The molecule has 1 aromatic heterocycles. The van der Waals surface area contributed by atoms with Gasteiger partial charge in [-0.3, -0.25) is 9.48 Å². The number of rotatable bonds is 6. The maximum absolute atomic E-state index is 11.4. The predicted molar refractivity (Wildman–Crippen MR) is 59.7 cm³/mol. The van der Waals surface area contributed by atoms with Crippen LogP contribution in [0.25, 0.3) is 0 Å². The number of hydrogen-bond donors (Lipinski definition) is 2. The molecule has 0 saturated heterocycles. The fraction of sp³-hybridized carbons (Fsp3) is 0.600. The molecule has 84 valence electrons. The van der Waals surface area contributed by atoms with E-state index in [-0.39, 0.29) is 5.91 Å². The summed E-state index contributed by atoms with van der Waals surface area (Å²) in [5.41, 5.74) is 0.762. The van der Waals surface area contributed by atoms with Crippen LogP contribution in [0.3, 0.4) is 0 Å². The number of amides is 1. The lowest BCUT2D eigenvalue weighted by Crippen LogP contribution is -2.21. The Morgan fingerprint density at radius 2 is 2.33 bits per heavy atom. The quantitative estimate of drug-likeness (QED) is 0.684. The molecule has 0 spiro atoms. The highest BCUT2D eigenvalue weighted by Gasteiger charge is 2.03. The second kappa shape index (κ2) is 6.19. The summed E-state index contributed by atoms with van der Waals surface area (Å²) in [7, 11) is 0. The molecule has 0 aliphatic carbocycles. The standard InChI is InChI=1S/C10H18N4O/c1-3-11-6-5-10(15)13-9-7-12-14(4-2)8-9/h7-8,11H,3-6H2,1-2H3,(H,13,15). The molecular formula is C10H18N4O. The molecule has 1 rings (SSSR count). The molecule has 1 aromatic rings. The van der Waals surface area contributed by atoms with Gasteiger partial charge >= 0.3 is 0 Å². The van der Waals surface area contributed by atoms with E-state index in [1.54, 1.807) is 10.9 Å². The summed E-state index contributed by atoms with van der Waals surface area (Å²) < 4.78 is 1.78. The van der Waals surface area contributed by atoms with Crippen molar-refractivity contribution in [1.82, 2.24) is 15.1 Å². The predicted octanol–water partition coefficient (Wildman–Crippen LogP) is 0.841. The molecule has 15 heavy (non-hydrogen) atoms. The van der Waals surface area contributed by atoms with Gasteiger partial charge < -0.3 is 10.6 Å². The fourth-order valence-corrected chi connectivity index (χ4v) is 1.20.